The standard InChI is InChI=1S/C10H10FN/c11-8-2-1-7-6-12-10(3-4-10)9(7)5-8/h1-2,5,12H,3-4,6H2. The molecule has 62 valence electrons. The second-order valence-electron chi connectivity index (χ2n) is 3.74. The molecule has 1 aromatic carbocycles. The molecule has 1 aromatic rings. The van der Waals surface area contributed by atoms with Crippen molar-refractivity contribution in [1.82, 2.24) is 5.32 Å². The smallest absolute Gasteiger partial charge is 0.123 e. The lowest BCUT2D eigenvalue weighted by Gasteiger charge is -2.07. The SMILES string of the molecule is Fc1ccc2c(c1)C1(CC1)NC2. The number of hydrogen-bond acceptors (Lipinski definition) is 1. The molecule has 1 spiro atoms. The molecule has 0 radical (unpaired) electrons. The van der Waals surface area contributed by atoms with Crippen LogP contribution in [-0.4, -0.2) is 0 Å². The summed E-state index contributed by atoms with van der Waals surface area (Å²) in [5, 5.41) is 3.43. The first-order valence-corrected chi connectivity index (χ1v) is 4.34. The normalized spacial score (nSPS) is 22.8. The number of benzene rings is 1. The molecule has 0 bridgehead atoms. The molecule has 0 saturated heterocycles. The van der Waals surface area contributed by atoms with Crippen molar-refractivity contribution in [3.63, 3.8) is 0 Å². The largest absolute Gasteiger partial charge is 0.303 e. The zero-order valence-corrected chi connectivity index (χ0v) is 6.73. The zero-order chi connectivity index (χ0) is 8.18. The number of rotatable bonds is 0. The average molecular weight is 163 g/mol. The molecular formula is C10H10FN. The molecule has 3 rings (SSSR count). The first-order chi connectivity index (χ1) is 5.80. The highest BCUT2D eigenvalue weighted by atomic mass is 19.1. The van der Waals surface area contributed by atoms with Crippen molar-refractivity contribution in [2.45, 2.75) is 24.9 Å². The fraction of sp³-hybridized carbons (Fsp3) is 0.400. The van der Waals surface area contributed by atoms with Gasteiger partial charge in [0, 0.05) is 12.1 Å². The lowest BCUT2D eigenvalue weighted by molar-refractivity contribution is 0.568. The molecule has 2 aliphatic rings. The second-order valence-corrected chi connectivity index (χ2v) is 3.74. The van der Waals surface area contributed by atoms with Crippen LogP contribution in [0.1, 0.15) is 24.0 Å². The van der Waals surface area contributed by atoms with Gasteiger partial charge in [0.2, 0.25) is 0 Å². The van der Waals surface area contributed by atoms with Crippen molar-refractivity contribution in [2.24, 2.45) is 0 Å². The van der Waals surface area contributed by atoms with Crippen LogP contribution in [0.4, 0.5) is 4.39 Å². The molecular weight excluding hydrogens is 153 g/mol. The van der Waals surface area contributed by atoms with Crippen molar-refractivity contribution >= 4 is 0 Å². The topological polar surface area (TPSA) is 12.0 Å². The van der Waals surface area contributed by atoms with Gasteiger partial charge in [-0.05, 0) is 36.1 Å². The van der Waals surface area contributed by atoms with E-state index < -0.39 is 0 Å². The molecule has 1 saturated carbocycles. The molecule has 1 aliphatic carbocycles. The maximum atomic E-state index is 12.9. The van der Waals surface area contributed by atoms with Crippen LogP contribution in [0.15, 0.2) is 18.2 Å². The van der Waals surface area contributed by atoms with E-state index in [2.05, 4.69) is 5.32 Å². The third-order valence-corrected chi connectivity index (χ3v) is 2.95. The highest BCUT2D eigenvalue weighted by molar-refractivity contribution is 5.42. The van der Waals surface area contributed by atoms with Crippen LogP contribution in [0.3, 0.4) is 0 Å². The van der Waals surface area contributed by atoms with E-state index in [1.165, 1.54) is 24.0 Å². The molecule has 1 aliphatic heterocycles. The summed E-state index contributed by atoms with van der Waals surface area (Å²) in [4.78, 5) is 0. The minimum Gasteiger partial charge on any atom is -0.303 e. The Morgan fingerprint density at radius 2 is 2.17 bits per heavy atom. The zero-order valence-electron chi connectivity index (χ0n) is 6.73. The number of nitrogens with one attached hydrogen (secondary N) is 1. The molecule has 1 heterocycles. The van der Waals surface area contributed by atoms with Crippen LogP contribution >= 0.6 is 0 Å². The van der Waals surface area contributed by atoms with Crippen molar-refractivity contribution in [3.05, 3.63) is 35.1 Å². The maximum Gasteiger partial charge on any atom is 0.123 e. The number of halogens is 1. The van der Waals surface area contributed by atoms with Gasteiger partial charge in [-0.1, -0.05) is 6.07 Å². The fourth-order valence-corrected chi connectivity index (χ4v) is 2.08. The third-order valence-electron chi connectivity index (χ3n) is 2.95. The van der Waals surface area contributed by atoms with Crippen LogP contribution in [0, 0.1) is 5.82 Å². The summed E-state index contributed by atoms with van der Waals surface area (Å²) < 4.78 is 12.9. The maximum absolute atomic E-state index is 12.9. The minimum atomic E-state index is -0.108. The molecule has 0 aromatic heterocycles. The quantitative estimate of drug-likeness (QED) is 0.616. The molecule has 12 heavy (non-hydrogen) atoms. The lowest BCUT2D eigenvalue weighted by Crippen LogP contribution is -2.19. The van der Waals surface area contributed by atoms with E-state index in [0.29, 0.717) is 0 Å². The van der Waals surface area contributed by atoms with Crippen LogP contribution < -0.4 is 5.32 Å². The van der Waals surface area contributed by atoms with Crippen molar-refractivity contribution in [2.75, 3.05) is 0 Å². The predicted octanol–water partition coefficient (Wildman–Crippen LogP) is 1.92. The molecule has 0 atom stereocenters. The van der Waals surface area contributed by atoms with Crippen LogP contribution in [0.5, 0.6) is 0 Å². The highest BCUT2D eigenvalue weighted by Crippen LogP contribution is 2.50. The van der Waals surface area contributed by atoms with E-state index in [0.717, 1.165) is 6.54 Å². The van der Waals surface area contributed by atoms with Crippen molar-refractivity contribution < 1.29 is 4.39 Å². The van der Waals surface area contributed by atoms with E-state index in [1.54, 1.807) is 12.1 Å². The van der Waals surface area contributed by atoms with Gasteiger partial charge < -0.3 is 5.32 Å². The Morgan fingerprint density at radius 3 is 2.92 bits per heavy atom. The van der Waals surface area contributed by atoms with E-state index >= 15 is 0 Å². The van der Waals surface area contributed by atoms with Gasteiger partial charge in [0.15, 0.2) is 0 Å². The first kappa shape index (κ1) is 6.61. The number of fused-ring (bicyclic) bond motifs is 2. The van der Waals surface area contributed by atoms with E-state index in [4.69, 9.17) is 0 Å². The molecule has 1 fully saturated rings. The fourth-order valence-electron chi connectivity index (χ4n) is 2.08. The van der Waals surface area contributed by atoms with E-state index in [-0.39, 0.29) is 11.4 Å². The summed E-state index contributed by atoms with van der Waals surface area (Å²) in [7, 11) is 0. The molecule has 0 amide bonds. The van der Waals surface area contributed by atoms with E-state index in [9.17, 15) is 4.39 Å². The summed E-state index contributed by atoms with van der Waals surface area (Å²) >= 11 is 0. The van der Waals surface area contributed by atoms with Crippen molar-refractivity contribution in [3.8, 4) is 0 Å². The van der Waals surface area contributed by atoms with Crippen LogP contribution in [-0.2, 0) is 12.1 Å². The predicted molar refractivity (Wildman–Crippen MR) is 44.2 cm³/mol. The summed E-state index contributed by atoms with van der Waals surface area (Å²) in [6.07, 6.45) is 2.34. The van der Waals surface area contributed by atoms with Gasteiger partial charge in [0.25, 0.3) is 0 Å². The Morgan fingerprint density at radius 1 is 1.33 bits per heavy atom. The average Bonchev–Trinajstić information content (AvgIpc) is 2.74. The molecule has 1 nitrogen and oxygen atoms in total. The third kappa shape index (κ3) is 0.707. The summed E-state index contributed by atoms with van der Waals surface area (Å²) in [6, 6.07) is 5.12. The van der Waals surface area contributed by atoms with Gasteiger partial charge in [-0.3, -0.25) is 0 Å². The van der Waals surface area contributed by atoms with Crippen LogP contribution in [0.2, 0.25) is 0 Å². The lowest BCUT2D eigenvalue weighted by atomic mass is 10.0. The Kier molecular flexibility index (Phi) is 1.04. The molecule has 1 N–H and O–H groups in total. The van der Waals surface area contributed by atoms with E-state index in [1.807, 2.05) is 6.07 Å². The van der Waals surface area contributed by atoms with Crippen LogP contribution in [0.25, 0.3) is 0 Å². The highest BCUT2D eigenvalue weighted by Gasteiger charge is 2.48. The Hall–Kier alpha value is -0.890. The summed E-state index contributed by atoms with van der Waals surface area (Å²) in [5.74, 6) is -0.108. The van der Waals surface area contributed by atoms with Gasteiger partial charge in [-0.2, -0.15) is 0 Å². The van der Waals surface area contributed by atoms with Gasteiger partial charge >= 0.3 is 0 Å². The van der Waals surface area contributed by atoms with Gasteiger partial charge in [-0.15, -0.1) is 0 Å². The summed E-state index contributed by atoms with van der Waals surface area (Å²) in [6.45, 7) is 0.912. The first-order valence-electron chi connectivity index (χ1n) is 4.34. The monoisotopic (exact) mass is 163 g/mol. The minimum absolute atomic E-state index is 0.108. The van der Waals surface area contributed by atoms with Gasteiger partial charge in [0.05, 0.1) is 0 Å². The molecule has 2 heteroatoms. The second kappa shape index (κ2) is 1.88. The van der Waals surface area contributed by atoms with Gasteiger partial charge in [0.1, 0.15) is 5.82 Å². The Bertz CT molecular complexity index is 342. The Labute approximate surface area is 70.6 Å². The van der Waals surface area contributed by atoms with Gasteiger partial charge in [-0.25, -0.2) is 4.39 Å². The number of hydrogen-bond donors (Lipinski definition) is 1. The molecule has 0 unspecified atom stereocenters. The Balaban J connectivity index is 2.20. The summed E-state index contributed by atoms with van der Waals surface area (Å²) in [5.41, 5.74) is 2.65. The van der Waals surface area contributed by atoms with Crippen molar-refractivity contribution in [1.29, 1.82) is 0 Å².